The van der Waals surface area contributed by atoms with Crippen molar-refractivity contribution in [2.75, 3.05) is 25.1 Å². The van der Waals surface area contributed by atoms with Gasteiger partial charge >= 0.3 is 0 Å². The van der Waals surface area contributed by atoms with E-state index in [2.05, 4.69) is 20.6 Å². The number of hydrogen-bond donors (Lipinski definition) is 2. The summed E-state index contributed by atoms with van der Waals surface area (Å²) >= 11 is 0. The first kappa shape index (κ1) is 19.7. The number of fused-ring (bicyclic) bond motifs is 1. The maximum Gasteiger partial charge on any atom is 0.258 e. The van der Waals surface area contributed by atoms with E-state index in [4.69, 9.17) is 4.74 Å². The van der Waals surface area contributed by atoms with Crippen LogP contribution in [-0.4, -0.2) is 46.4 Å². The molecule has 2 aromatic heterocycles. The zero-order chi connectivity index (χ0) is 20.5. The van der Waals surface area contributed by atoms with Crippen molar-refractivity contribution in [3.05, 3.63) is 41.1 Å². The van der Waals surface area contributed by atoms with Crippen LogP contribution in [0, 0.1) is 17.8 Å². The lowest BCUT2D eigenvalue weighted by Gasteiger charge is -2.27. The summed E-state index contributed by atoms with van der Waals surface area (Å²) in [5.74, 6) is 2.96. The lowest BCUT2D eigenvalue weighted by atomic mass is 9.85. The Bertz CT molecular complexity index is 922. The zero-order valence-electron chi connectivity index (χ0n) is 17.6. The molecule has 0 bridgehead atoms. The highest BCUT2D eigenvalue weighted by molar-refractivity contribution is 5.60. The molecule has 1 aliphatic carbocycles. The van der Waals surface area contributed by atoms with E-state index >= 15 is 0 Å². The van der Waals surface area contributed by atoms with Crippen molar-refractivity contribution >= 4 is 5.95 Å². The minimum absolute atomic E-state index is 0.0338. The van der Waals surface area contributed by atoms with E-state index in [1.54, 1.807) is 30.2 Å². The summed E-state index contributed by atoms with van der Waals surface area (Å²) in [5.41, 5.74) is 1.35. The molecular formula is C23H31N5O2. The van der Waals surface area contributed by atoms with Gasteiger partial charge in [0.25, 0.3) is 5.56 Å². The van der Waals surface area contributed by atoms with Gasteiger partial charge in [0.2, 0.25) is 5.95 Å². The summed E-state index contributed by atoms with van der Waals surface area (Å²) < 4.78 is 7.09. The molecule has 3 fully saturated rings. The second-order valence-electron chi connectivity index (χ2n) is 9.18. The van der Waals surface area contributed by atoms with Crippen LogP contribution in [0.1, 0.15) is 32.1 Å². The zero-order valence-corrected chi connectivity index (χ0v) is 17.6. The summed E-state index contributed by atoms with van der Waals surface area (Å²) in [7, 11) is 1.75. The SMILES string of the molecule is Cn1cccc(-c2cnc(N[C@H]3C[C@@H]4CN[C@@H](CC5CCOCC5)[C@H]4C3)nc2)c1=O. The standard InChI is InChI=1S/C23H31N5O2/c1-28-6-2-3-19(22(28)29)17-13-25-23(26-14-17)27-18-10-16-12-24-21(20(16)11-18)9-15-4-7-30-8-5-15/h2-3,6,13-16,18,20-21,24H,4-5,7-12H2,1H3,(H,25,26,27)/t16-,18+,20+,21+/m1/s1. The van der Waals surface area contributed by atoms with Crippen LogP contribution in [0.4, 0.5) is 5.95 Å². The Labute approximate surface area is 177 Å². The number of aromatic nitrogens is 3. The normalized spacial score (nSPS) is 29.1. The van der Waals surface area contributed by atoms with Crippen LogP contribution in [0.5, 0.6) is 0 Å². The molecule has 0 spiro atoms. The molecule has 0 radical (unpaired) electrons. The van der Waals surface area contributed by atoms with Crippen LogP contribution in [0.15, 0.2) is 35.5 Å². The van der Waals surface area contributed by atoms with Gasteiger partial charge in [-0.2, -0.15) is 0 Å². The van der Waals surface area contributed by atoms with Crippen LogP contribution in [0.25, 0.3) is 11.1 Å². The molecule has 4 atom stereocenters. The van der Waals surface area contributed by atoms with Crippen LogP contribution in [0.3, 0.4) is 0 Å². The summed E-state index contributed by atoms with van der Waals surface area (Å²) in [6.07, 6.45) is 11.3. The first-order chi connectivity index (χ1) is 14.7. The van der Waals surface area contributed by atoms with Crippen LogP contribution in [0.2, 0.25) is 0 Å². The molecule has 5 rings (SSSR count). The van der Waals surface area contributed by atoms with Gasteiger partial charge in [0.05, 0.1) is 5.56 Å². The fraction of sp³-hybridized carbons (Fsp3) is 0.609. The van der Waals surface area contributed by atoms with E-state index in [9.17, 15) is 4.79 Å². The topological polar surface area (TPSA) is 81.1 Å². The average molecular weight is 410 g/mol. The lowest BCUT2D eigenvalue weighted by Crippen LogP contribution is -2.33. The van der Waals surface area contributed by atoms with Crippen molar-refractivity contribution in [3.63, 3.8) is 0 Å². The van der Waals surface area contributed by atoms with Gasteiger partial charge in [-0.15, -0.1) is 0 Å². The smallest absolute Gasteiger partial charge is 0.258 e. The maximum atomic E-state index is 12.3. The summed E-state index contributed by atoms with van der Waals surface area (Å²) in [6.45, 7) is 2.99. The largest absolute Gasteiger partial charge is 0.381 e. The summed E-state index contributed by atoms with van der Waals surface area (Å²) in [5, 5.41) is 7.34. The van der Waals surface area contributed by atoms with Gasteiger partial charge in [0.1, 0.15) is 0 Å². The van der Waals surface area contributed by atoms with Gasteiger partial charge < -0.3 is 19.9 Å². The predicted octanol–water partition coefficient (Wildman–Crippen LogP) is 2.44. The highest BCUT2D eigenvalue weighted by Gasteiger charge is 2.43. The number of aryl methyl sites for hydroxylation is 1. The number of rotatable bonds is 5. The summed E-state index contributed by atoms with van der Waals surface area (Å²) in [6, 6.07) is 4.75. The van der Waals surface area contributed by atoms with Gasteiger partial charge in [0, 0.05) is 56.5 Å². The Balaban J connectivity index is 1.20. The fourth-order valence-corrected chi connectivity index (χ4v) is 5.60. The monoisotopic (exact) mass is 409 g/mol. The minimum atomic E-state index is -0.0338. The Hall–Kier alpha value is -2.25. The van der Waals surface area contributed by atoms with Crippen molar-refractivity contribution in [2.45, 2.75) is 44.2 Å². The number of nitrogens with zero attached hydrogens (tertiary/aromatic N) is 3. The Morgan fingerprint density at radius 2 is 2.03 bits per heavy atom. The van der Waals surface area contributed by atoms with Crippen LogP contribution >= 0.6 is 0 Å². The van der Waals surface area contributed by atoms with Crippen molar-refractivity contribution in [1.29, 1.82) is 0 Å². The maximum absolute atomic E-state index is 12.3. The Morgan fingerprint density at radius 3 is 2.83 bits per heavy atom. The molecule has 2 aromatic rings. The molecule has 7 heteroatoms. The number of nitrogens with one attached hydrogen (secondary N) is 2. The number of hydrogen-bond acceptors (Lipinski definition) is 6. The molecule has 0 unspecified atom stereocenters. The molecule has 0 amide bonds. The van der Waals surface area contributed by atoms with E-state index in [0.29, 0.717) is 23.6 Å². The van der Waals surface area contributed by atoms with Gasteiger partial charge in [-0.1, -0.05) is 0 Å². The first-order valence-electron chi connectivity index (χ1n) is 11.2. The third-order valence-electron chi connectivity index (χ3n) is 7.26. The van der Waals surface area contributed by atoms with E-state index < -0.39 is 0 Å². The predicted molar refractivity (Wildman–Crippen MR) is 116 cm³/mol. The first-order valence-corrected chi connectivity index (χ1v) is 11.2. The third kappa shape index (κ3) is 4.01. The second-order valence-corrected chi connectivity index (χ2v) is 9.18. The summed E-state index contributed by atoms with van der Waals surface area (Å²) in [4.78, 5) is 21.3. The average Bonchev–Trinajstić information content (AvgIpc) is 3.33. The molecule has 2 N–H and O–H groups in total. The van der Waals surface area contributed by atoms with Gasteiger partial charge in [-0.05, 0) is 68.5 Å². The van der Waals surface area contributed by atoms with Crippen molar-refractivity contribution < 1.29 is 4.74 Å². The Kier molecular flexibility index (Phi) is 5.56. The van der Waals surface area contributed by atoms with Crippen LogP contribution in [-0.2, 0) is 11.8 Å². The molecule has 30 heavy (non-hydrogen) atoms. The minimum Gasteiger partial charge on any atom is -0.381 e. The van der Waals surface area contributed by atoms with Gasteiger partial charge in [0.15, 0.2) is 0 Å². The van der Waals surface area contributed by atoms with Crippen molar-refractivity contribution in [2.24, 2.45) is 24.8 Å². The van der Waals surface area contributed by atoms with Gasteiger partial charge in [-0.3, -0.25) is 4.79 Å². The molecule has 2 saturated heterocycles. The second kappa shape index (κ2) is 8.47. The van der Waals surface area contributed by atoms with E-state index in [0.717, 1.165) is 43.1 Å². The highest BCUT2D eigenvalue weighted by atomic mass is 16.5. The highest BCUT2D eigenvalue weighted by Crippen LogP contribution is 2.41. The molecule has 4 heterocycles. The molecule has 160 valence electrons. The third-order valence-corrected chi connectivity index (χ3v) is 7.26. The lowest BCUT2D eigenvalue weighted by molar-refractivity contribution is 0.0594. The van der Waals surface area contributed by atoms with Gasteiger partial charge in [-0.25, -0.2) is 9.97 Å². The van der Waals surface area contributed by atoms with E-state index in [1.807, 2.05) is 12.1 Å². The molecule has 7 nitrogen and oxygen atoms in total. The van der Waals surface area contributed by atoms with E-state index in [1.165, 1.54) is 32.1 Å². The number of pyridine rings is 1. The van der Waals surface area contributed by atoms with Crippen molar-refractivity contribution in [1.82, 2.24) is 19.9 Å². The number of ether oxygens (including phenoxy) is 1. The quantitative estimate of drug-likeness (QED) is 0.790. The van der Waals surface area contributed by atoms with Crippen molar-refractivity contribution in [3.8, 4) is 11.1 Å². The van der Waals surface area contributed by atoms with E-state index in [-0.39, 0.29) is 5.56 Å². The number of anilines is 1. The molecule has 2 aliphatic heterocycles. The molecular weight excluding hydrogens is 378 g/mol. The molecule has 1 saturated carbocycles. The van der Waals surface area contributed by atoms with Crippen LogP contribution < -0.4 is 16.2 Å². The fourth-order valence-electron chi connectivity index (χ4n) is 5.60. The molecule has 3 aliphatic rings. The Morgan fingerprint density at radius 1 is 1.23 bits per heavy atom. The molecule has 0 aromatic carbocycles.